The van der Waals surface area contributed by atoms with E-state index in [1.165, 1.54) is 6.07 Å². The van der Waals surface area contributed by atoms with Gasteiger partial charge in [0.25, 0.3) is 0 Å². The van der Waals surface area contributed by atoms with E-state index in [0.29, 0.717) is 9.50 Å². The average Bonchev–Trinajstić information content (AvgIpc) is 2.43. The maximum absolute atomic E-state index is 13.2. The van der Waals surface area contributed by atoms with Crippen LogP contribution in [0.3, 0.4) is 0 Å². The van der Waals surface area contributed by atoms with E-state index in [4.69, 9.17) is 11.6 Å². The summed E-state index contributed by atoms with van der Waals surface area (Å²) in [5.74, 6) is -0.334. The highest BCUT2D eigenvalue weighted by Crippen LogP contribution is 2.29. The summed E-state index contributed by atoms with van der Waals surface area (Å²) in [6.07, 6.45) is 0. The summed E-state index contributed by atoms with van der Waals surface area (Å²) in [6.45, 7) is -0.113. The predicted molar refractivity (Wildman–Crippen MR) is 86.7 cm³/mol. The molecule has 0 aliphatic heterocycles. The van der Waals surface area contributed by atoms with Gasteiger partial charge in [-0.15, -0.1) is 0 Å². The molecular formula is C14H11Br2ClFNO. The zero-order valence-electron chi connectivity index (χ0n) is 10.2. The van der Waals surface area contributed by atoms with Crippen LogP contribution in [0.4, 0.5) is 10.1 Å². The van der Waals surface area contributed by atoms with Crippen molar-refractivity contribution >= 4 is 49.1 Å². The van der Waals surface area contributed by atoms with Gasteiger partial charge in [0.1, 0.15) is 5.82 Å². The van der Waals surface area contributed by atoms with Crippen molar-refractivity contribution in [1.82, 2.24) is 0 Å². The van der Waals surface area contributed by atoms with Crippen LogP contribution in [0, 0.1) is 5.82 Å². The van der Waals surface area contributed by atoms with Crippen molar-refractivity contribution in [2.75, 3.05) is 11.9 Å². The molecule has 2 nitrogen and oxygen atoms in total. The Hall–Kier alpha value is -0.620. The minimum atomic E-state index is -0.334. The molecule has 0 bridgehead atoms. The predicted octanol–water partition coefficient (Wildman–Crippen LogP) is 5.15. The van der Waals surface area contributed by atoms with E-state index in [9.17, 15) is 9.50 Å². The Morgan fingerprint density at radius 1 is 1.15 bits per heavy atom. The molecule has 1 unspecified atom stereocenters. The maximum atomic E-state index is 13.2. The van der Waals surface area contributed by atoms with Crippen LogP contribution in [0.15, 0.2) is 45.3 Å². The van der Waals surface area contributed by atoms with Gasteiger partial charge in [-0.2, -0.15) is 0 Å². The van der Waals surface area contributed by atoms with Crippen molar-refractivity contribution in [3.05, 3.63) is 61.7 Å². The largest absolute Gasteiger partial charge is 0.394 e. The van der Waals surface area contributed by atoms with Gasteiger partial charge < -0.3 is 10.4 Å². The Balaban J connectivity index is 2.23. The van der Waals surface area contributed by atoms with Crippen molar-refractivity contribution in [2.45, 2.75) is 6.04 Å². The lowest BCUT2D eigenvalue weighted by molar-refractivity contribution is 0.276. The average molecular weight is 424 g/mol. The number of aliphatic hydroxyl groups is 1. The third kappa shape index (κ3) is 3.73. The smallest absolute Gasteiger partial charge is 0.137 e. The van der Waals surface area contributed by atoms with Gasteiger partial charge >= 0.3 is 0 Å². The van der Waals surface area contributed by atoms with Crippen molar-refractivity contribution in [1.29, 1.82) is 0 Å². The van der Waals surface area contributed by atoms with Crippen LogP contribution in [-0.4, -0.2) is 11.7 Å². The standard InChI is InChI=1S/C14H11Br2ClFNO/c15-10-6-9(2-3-12(10)17)19-14(7-20)8-1-4-13(18)11(16)5-8/h1-6,14,19-20H,7H2. The Kier molecular flexibility index (Phi) is 5.43. The summed E-state index contributed by atoms with van der Waals surface area (Å²) < 4.78 is 14.4. The molecule has 2 N–H and O–H groups in total. The van der Waals surface area contributed by atoms with Crippen molar-refractivity contribution in [2.24, 2.45) is 0 Å². The molecule has 0 aliphatic carbocycles. The molecule has 2 rings (SSSR count). The highest BCUT2D eigenvalue weighted by Gasteiger charge is 2.12. The van der Waals surface area contributed by atoms with Crippen LogP contribution >= 0.6 is 43.5 Å². The van der Waals surface area contributed by atoms with E-state index in [2.05, 4.69) is 37.2 Å². The molecule has 6 heteroatoms. The second-order valence-electron chi connectivity index (χ2n) is 4.18. The molecular weight excluding hydrogens is 412 g/mol. The van der Waals surface area contributed by atoms with Gasteiger partial charge in [0, 0.05) is 10.2 Å². The lowest BCUT2D eigenvalue weighted by Gasteiger charge is -2.19. The SMILES string of the molecule is OCC(Nc1ccc(Cl)c(Br)c1)c1ccc(F)c(Br)c1. The van der Waals surface area contributed by atoms with Gasteiger partial charge in [0.2, 0.25) is 0 Å². The van der Waals surface area contributed by atoms with Gasteiger partial charge in [-0.3, -0.25) is 0 Å². The second-order valence-corrected chi connectivity index (χ2v) is 6.30. The van der Waals surface area contributed by atoms with Crippen LogP contribution in [0.5, 0.6) is 0 Å². The molecule has 0 saturated heterocycles. The maximum Gasteiger partial charge on any atom is 0.137 e. The molecule has 20 heavy (non-hydrogen) atoms. The number of anilines is 1. The first-order valence-electron chi connectivity index (χ1n) is 5.78. The Bertz CT molecular complexity index is 624. The van der Waals surface area contributed by atoms with Crippen LogP contribution in [0.2, 0.25) is 5.02 Å². The van der Waals surface area contributed by atoms with Crippen molar-refractivity contribution in [3.63, 3.8) is 0 Å². The van der Waals surface area contributed by atoms with Gasteiger partial charge in [-0.1, -0.05) is 17.7 Å². The summed E-state index contributed by atoms with van der Waals surface area (Å²) in [7, 11) is 0. The van der Waals surface area contributed by atoms with Gasteiger partial charge in [-0.05, 0) is 67.8 Å². The number of aliphatic hydroxyl groups excluding tert-OH is 1. The quantitative estimate of drug-likeness (QED) is 0.713. The minimum absolute atomic E-state index is 0.113. The normalized spacial score (nSPS) is 12.2. The third-order valence-electron chi connectivity index (χ3n) is 2.79. The minimum Gasteiger partial charge on any atom is -0.394 e. The van der Waals surface area contributed by atoms with E-state index in [1.54, 1.807) is 18.2 Å². The van der Waals surface area contributed by atoms with Crippen LogP contribution < -0.4 is 5.32 Å². The van der Waals surface area contributed by atoms with Gasteiger partial charge in [0.15, 0.2) is 0 Å². The molecule has 2 aromatic carbocycles. The fraction of sp³-hybridized carbons (Fsp3) is 0.143. The Labute approximate surface area is 138 Å². The van der Waals surface area contributed by atoms with Gasteiger partial charge in [-0.25, -0.2) is 4.39 Å². The van der Waals surface area contributed by atoms with E-state index < -0.39 is 0 Å². The number of nitrogens with one attached hydrogen (secondary N) is 1. The number of halogens is 4. The summed E-state index contributed by atoms with van der Waals surface area (Å²) in [4.78, 5) is 0. The summed E-state index contributed by atoms with van der Waals surface area (Å²) in [5, 5.41) is 13.3. The Morgan fingerprint density at radius 3 is 2.50 bits per heavy atom. The van der Waals surface area contributed by atoms with E-state index >= 15 is 0 Å². The van der Waals surface area contributed by atoms with Gasteiger partial charge in [0.05, 0.1) is 22.1 Å². The Morgan fingerprint density at radius 2 is 1.90 bits per heavy atom. The number of rotatable bonds is 4. The lowest BCUT2D eigenvalue weighted by atomic mass is 10.1. The fourth-order valence-corrected chi connectivity index (χ4v) is 2.64. The zero-order valence-corrected chi connectivity index (χ0v) is 14.1. The van der Waals surface area contributed by atoms with E-state index in [1.807, 2.05) is 12.1 Å². The van der Waals surface area contributed by atoms with Crippen LogP contribution in [-0.2, 0) is 0 Å². The summed E-state index contributed by atoms with van der Waals surface area (Å²) in [6, 6.07) is 9.70. The lowest BCUT2D eigenvalue weighted by Crippen LogP contribution is -2.15. The third-order valence-corrected chi connectivity index (χ3v) is 4.61. The van der Waals surface area contributed by atoms with E-state index in [-0.39, 0.29) is 18.5 Å². The molecule has 106 valence electrons. The van der Waals surface area contributed by atoms with E-state index in [0.717, 1.165) is 15.7 Å². The van der Waals surface area contributed by atoms with Crippen LogP contribution in [0.25, 0.3) is 0 Å². The van der Waals surface area contributed by atoms with Crippen molar-refractivity contribution in [3.8, 4) is 0 Å². The molecule has 0 fully saturated rings. The van der Waals surface area contributed by atoms with Crippen LogP contribution in [0.1, 0.15) is 11.6 Å². The zero-order chi connectivity index (χ0) is 14.7. The topological polar surface area (TPSA) is 32.3 Å². The molecule has 0 heterocycles. The first-order chi connectivity index (χ1) is 9.51. The first-order valence-corrected chi connectivity index (χ1v) is 7.75. The summed E-state index contributed by atoms with van der Waals surface area (Å²) in [5.41, 5.74) is 1.59. The number of benzene rings is 2. The summed E-state index contributed by atoms with van der Waals surface area (Å²) >= 11 is 12.4. The number of hydrogen-bond acceptors (Lipinski definition) is 2. The first kappa shape index (κ1) is 15.8. The fourth-order valence-electron chi connectivity index (χ4n) is 1.75. The molecule has 2 aromatic rings. The molecule has 0 radical (unpaired) electrons. The highest BCUT2D eigenvalue weighted by molar-refractivity contribution is 9.10. The number of hydrogen-bond donors (Lipinski definition) is 2. The molecule has 0 amide bonds. The second kappa shape index (κ2) is 6.89. The molecule has 0 aromatic heterocycles. The molecule has 0 aliphatic rings. The van der Waals surface area contributed by atoms with Crippen molar-refractivity contribution < 1.29 is 9.50 Å². The highest BCUT2D eigenvalue weighted by atomic mass is 79.9. The molecule has 1 atom stereocenters. The molecule has 0 spiro atoms. The monoisotopic (exact) mass is 421 g/mol. The molecule has 0 saturated carbocycles.